The third-order valence-corrected chi connectivity index (χ3v) is 5.68. The summed E-state index contributed by atoms with van der Waals surface area (Å²) in [5.74, 6) is -0.0110. The lowest BCUT2D eigenvalue weighted by Gasteiger charge is -2.36. The van der Waals surface area contributed by atoms with Crippen molar-refractivity contribution >= 4 is 12.0 Å². The molecule has 0 saturated carbocycles. The Morgan fingerprint density at radius 1 is 0.969 bits per heavy atom. The number of aromatic nitrogens is 1. The first-order valence-electron chi connectivity index (χ1n) is 10.6. The van der Waals surface area contributed by atoms with Crippen LogP contribution in [-0.2, 0) is 0 Å². The molecule has 1 atom stereocenters. The number of nitrogens with zero attached hydrogens (tertiary/aromatic N) is 2. The third-order valence-electron chi connectivity index (χ3n) is 5.68. The second-order valence-corrected chi connectivity index (χ2v) is 7.74. The SMILES string of the molecule is O=C(NC(c1ccncc1)C1CCN(C(=O)Oc2ccccc2)CC1)c1ccc(F)cc1. The van der Waals surface area contributed by atoms with Crippen molar-refractivity contribution in [3.05, 3.63) is 96.1 Å². The topological polar surface area (TPSA) is 71.5 Å². The standard InChI is InChI=1S/C25H24FN3O3/c26-21-8-6-20(7-9-21)24(30)28-23(18-10-14-27-15-11-18)19-12-16-29(17-13-19)25(31)32-22-4-2-1-3-5-22/h1-11,14-15,19,23H,12-13,16-17H2,(H,28,30). The average Bonchev–Trinajstić information content (AvgIpc) is 2.84. The predicted octanol–water partition coefficient (Wildman–Crippen LogP) is 4.60. The molecule has 0 bridgehead atoms. The number of piperidine rings is 1. The Morgan fingerprint density at radius 2 is 1.62 bits per heavy atom. The molecule has 4 rings (SSSR count). The maximum atomic E-state index is 13.2. The van der Waals surface area contributed by atoms with Gasteiger partial charge in [0.2, 0.25) is 0 Å². The lowest BCUT2D eigenvalue weighted by molar-refractivity contribution is 0.0885. The van der Waals surface area contributed by atoms with Gasteiger partial charge in [0.1, 0.15) is 11.6 Å². The van der Waals surface area contributed by atoms with E-state index in [0.29, 0.717) is 37.2 Å². The van der Waals surface area contributed by atoms with Crippen LogP contribution in [0.15, 0.2) is 79.1 Å². The van der Waals surface area contributed by atoms with E-state index in [2.05, 4.69) is 10.3 Å². The quantitative estimate of drug-likeness (QED) is 0.638. The van der Waals surface area contributed by atoms with Crippen LogP contribution in [0.2, 0.25) is 0 Å². The Morgan fingerprint density at radius 3 is 2.28 bits per heavy atom. The van der Waals surface area contributed by atoms with Crippen molar-refractivity contribution in [3.63, 3.8) is 0 Å². The summed E-state index contributed by atoms with van der Waals surface area (Å²) in [6, 6.07) is 18.0. The van der Waals surface area contributed by atoms with Gasteiger partial charge >= 0.3 is 6.09 Å². The van der Waals surface area contributed by atoms with E-state index in [1.165, 1.54) is 24.3 Å². The minimum Gasteiger partial charge on any atom is -0.410 e. The highest BCUT2D eigenvalue weighted by Gasteiger charge is 2.31. The molecular weight excluding hydrogens is 409 g/mol. The lowest BCUT2D eigenvalue weighted by Crippen LogP contribution is -2.44. The molecule has 0 spiro atoms. The first-order valence-corrected chi connectivity index (χ1v) is 10.6. The van der Waals surface area contributed by atoms with Gasteiger partial charge in [-0.1, -0.05) is 18.2 Å². The van der Waals surface area contributed by atoms with Crippen molar-refractivity contribution in [2.75, 3.05) is 13.1 Å². The van der Waals surface area contributed by atoms with Crippen LogP contribution in [-0.4, -0.2) is 35.0 Å². The Bertz CT molecular complexity index is 1040. The highest BCUT2D eigenvalue weighted by molar-refractivity contribution is 5.94. The molecule has 2 heterocycles. The number of likely N-dealkylation sites (tertiary alicyclic amines) is 1. The number of carbonyl (C=O) groups is 2. The zero-order valence-corrected chi connectivity index (χ0v) is 17.5. The first kappa shape index (κ1) is 21.5. The van der Waals surface area contributed by atoms with E-state index in [0.717, 1.165) is 5.56 Å². The smallest absolute Gasteiger partial charge is 0.410 e. The number of benzene rings is 2. The van der Waals surface area contributed by atoms with Crippen LogP contribution in [0, 0.1) is 11.7 Å². The van der Waals surface area contributed by atoms with Gasteiger partial charge in [-0.25, -0.2) is 9.18 Å². The number of nitrogens with one attached hydrogen (secondary N) is 1. The van der Waals surface area contributed by atoms with Gasteiger partial charge in [-0.2, -0.15) is 0 Å². The van der Waals surface area contributed by atoms with Crippen LogP contribution < -0.4 is 10.1 Å². The highest BCUT2D eigenvalue weighted by Crippen LogP contribution is 2.31. The molecule has 1 N–H and O–H groups in total. The molecule has 0 aliphatic carbocycles. The van der Waals surface area contributed by atoms with Gasteiger partial charge < -0.3 is 15.0 Å². The van der Waals surface area contributed by atoms with Crippen molar-refractivity contribution < 1.29 is 18.7 Å². The fourth-order valence-corrected chi connectivity index (χ4v) is 3.94. The molecule has 7 heteroatoms. The molecule has 6 nitrogen and oxygen atoms in total. The Kier molecular flexibility index (Phi) is 6.75. The van der Waals surface area contributed by atoms with Crippen LogP contribution in [0.3, 0.4) is 0 Å². The molecule has 2 aromatic carbocycles. The number of ether oxygens (including phenoxy) is 1. The van der Waals surface area contributed by atoms with Crippen molar-refractivity contribution in [1.29, 1.82) is 0 Å². The average molecular weight is 433 g/mol. The molecule has 1 aliphatic heterocycles. The number of hydrogen-bond acceptors (Lipinski definition) is 4. The highest BCUT2D eigenvalue weighted by atomic mass is 19.1. The Balaban J connectivity index is 1.43. The van der Waals surface area contributed by atoms with Crippen LogP contribution in [0.5, 0.6) is 5.75 Å². The number of para-hydroxylation sites is 1. The summed E-state index contributed by atoms with van der Waals surface area (Å²) in [7, 11) is 0. The van der Waals surface area contributed by atoms with E-state index in [-0.39, 0.29) is 29.8 Å². The van der Waals surface area contributed by atoms with Crippen LogP contribution in [0.25, 0.3) is 0 Å². The fourth-order valence-electron chi connectivity index (χ4n) is 3.94. The molecule has 1 unspecified atom stereocenters. The number of halogens is 1. The van der Waals surface area contributed by atoms with Crippen molar-refractivity contribution in [2.45, 2.75) is 18.9 Å². The van der Waals surface area contributed by atoms with Gasteiger partial charge in [0, 0.05) is 31.0 Å². The number of rotatable bonds is 5. The normalized spacial score (nSPS) is 15.1. The van der Waals surface area contributed by atoms with Gasteiger partial charge in [-0.05, 0) is 72.9 Å². The number of amides is 2. The lowest BCUT2D eigenvalue weighted by atomic mass is 9.85. The first-order chi connectivity index (χ1) is 15.6. The molecule has 32 heavy (non-hydrogen) atoms. The fraction of sp³-hybridized carbons (Fsp3) is 0.240. The van der Waals surface area contributed by atoms with E-state index < -0.39 is 0 Å². The molecule has 3 aromatic rings. The van der Waals surface area contributed by atoms with Crippen molar-refractivity contribution in [2.24, 2.45) is 5.92 Å². The monoisotopic (exact) mass is 433 g/mol. The molecule has 0 radical (unpaired) electrons. The minimum atomic E-state index is -0.387. The summed E-state index contributed by atoms with van der Waals surface area (Å²) in [4.78, 5) is 31.1. The molecule has 1 saturated heterocycles. The second kappa shape index (κ2) is 10.0. The van der Waals surface area contributed by atoms with E-state index >= 15 is 0 Å². The van der Waals surface area contributed by atoms with Crippen LogP contribution >= 0.6 is 0 Å². The number of pyridine rings is 1. The van der Waals surface area contributed by atoms with E-state index in [1.54, 1.807) is 29.4 Å². The van der Waals surface area contributed by atoms with E-state index in [4.69, 9.17) is 4.74 Å². The van der Waals surface area contributed by atoms with Crippen molar-refractivity contribution in [1.82, 2.24) is 15.2 Å². The number of hydrogen-bond donors (Lipinski definition) is 1. The summed E-state index contributed by atoms with van der Waals surface area (Å²) >= 11 is 0. The third kappa shape index (κ3) is 5.29. The molecule has 1 fully saturated rings. The summed E-state index contributed by atoms with van der Waals surface area (Å²) in [5, 5.41) is 3.10. The van der Waals surface area contributed by atoms with Crippen LogP contribution in [0.1, 0.15) is 34.8 Å². The van der Waals surface area contributed by atoms with E-state index in [9.17, 15) is 14.0 Å². The zero-order valence-electron chi connectivity index (χ0n) is 17.5. The van der Waals surface area contributed by atoms with Crippen molar-refractivity contribution in [3.8, 4) is 5.75 Å². The molecule has 2 amide bonds. The number of carbonyl (C=O) groups excluding carboxylic acids is 2. The molecule has 1 aliphatic rings. The maximum Gasteiger partial charge on any atom is 0.415 e. The summed E-state index contributed by atoms with van der Waals surface area (Å²) < 4.78 is 18.7. The molecule has 1 aromatic heterocycles. The van der Waals surface area contributed by atoms with E-state index in [1.807, 2.05) is 30.3 Å². The Labute approximate surface area is 186 Å². The van der Waals surface area contributed by atoms with Gasteiger partial charge in [-0.3, -0.25) is 9.78 Å². The molecular formula is C25H24FN3O3. The van der Waals surface area contributed by atoms with Gasteiger partial charge in [0.15, 0.2) is 0 Å². The second-order valence-electron chi connectivity index (χ2n) is 7.74. The maximum absolute atomic E-state index is 13.2. The summed E-state index contributed by atoms with van der Waals surface area (Å²) in [5.41, 5.74) is 1.34. The largest absolute Gasteiger partial charge is 0.415 e. The van der Waals surface area contributed by atoms with Gasteiger partial charge in [-0.15, -0.1) is 0 Å². The zero-order chi connectivity index (χ0) is 22.3. The van der Waals surface area contributed by atoms with Crippen LogP contribution in [0.4, 0.5) is 9.18 Å². The van der Waals surface area contributed by atoms with Gasteiger partial charge in [0.05, 0.1) is 6.04 Å². The predicted molar refractivity (Wildman–Crippen MR) is 118 cm³/mol. The Hall–Kier alpha value is -3.74. The minimum absolute atomic E-state index is 0.127. The van der Waals surface area contributed by atoms with Gasteiger partial charge in [0.25, 0.3) is 5.91 Å². The molecule has 164 valence electrons. The summed E-state index contributed by atoms with van der Waals surface area (Å²) in [6.45, 7) is 1.06. The summed E-state index contributed by atoms with van der Waals surface area (Å²) in [6.07, 6.45) is 4.43.